The molecule has 0 radical (unpaired) electrons. The standard InChI is InChI=1S/C13H21N3O2S/c1-4-5-6-10-15-11-8-7-9-12(13(11)14)19(17,18)16(2)3/h4-5,7-9,15H,6,10,14H2,1-3H3/b5-4+. The van der Waals surface area contributed by atoms with Gasteiger partial charge in [-0.25, -0.2) is 12.7 Å². The molecule has 0 saturated carbocycles. The molecule has 0 aromatic heterocycles. The Bertz CT molecular complexity index is 551. The Balaban J connectivity index is 2.99. The predicted molar refractivity (Wildman–Crippen MR) is 79.6 cm³/mol. The maximum absolute atomic E-state index is 12.1. The predicted octanol–water partition coefficient (Wildman–Crippen LogP) is 1.90. The van der Waals surface area contributed by atoms with Crippen molar-refractivity contribution in [1.82, 2.24) is 4.31 Å². The molecule has 0 saturated heterocycles. The summed E-state index contributed by atoms with van der Waals surface area (Å²) in [5.41, 5.74) is 6.84. The first kappa shape index (κ1) is 15.5. The van der Waals surface area contributed by atoms with Gasteiger partial charge < -0.3 is 11.1 Å². The van der Waals surface area contributed by atoms with Crippen molar-refractivity contribution < 1.29 is 8.42 Å². The van der Waals surface area contributed by atoms with Gasteiger partial charge >= 0.3 is 0 Å². The highest BCUT2D eigenvalue weighted by Crippen LogP contribution is 2.28. The SMILES string of the molecule is C/C=C/CCNc1cccc(S(=O)(=O)N(C)C)c1N. The molecule has 0 unspecified atom stereocenters. The fraction of sp³-hybridized carbons (Fsp3) is 0.385. The van der Waals surface area contributed by atoms with E-state index in [1.807, 2.05) is 19.1 Å². The lowest BCUT2D eigenvalue weighted by molar-refractivity contribution is 0.521. The Morgan fingerprint density at radius 2 is 2.05 bits per heavy atom. The van der Waals surface area contributed by atoms with Crippen molar-refractivity contribution in [3.8, 4) is 0 Å². The summed E-state index contributed by atoms with van der Waals surface area (Å²) in [6.07, 6.45) is 4.86. The quantitative estimate of drug-likeness (QED) is 0.475. The summed E-state index contributed by atoms with van der Waals surface area (Å²) >= 11 is 0. The van der Waals surface area contributed by atoms with Crippen molar-refractivity contribution in [2.75, 3.05) is 31.7 Å². The van der Waals surface area contributed by atoms with E-state index in [0.29, 0.717) is 12.2 Å². The second-order valence-electron chi connectivity index (χ2n) is 4.29. The minimum Gasteiger partial charge on any atom is -0.396 e. The van der Waals surface area contributed by atoms with E-state index in [9.17, 15) is 8.42 Å². The minimum atomic E-state index is -3.51. The molecular weight excluding hydrogens is 262 g/mol. The average Bonchev–Trinajstić information content (AvgIpc) is 2.36. The van der Waals surface area contributed by atoms with Crippen molar-refractivity contribution in [3.63, 3.8) is 0 Å². The van der Waals surface area contributed by atoms with Gasteiger partial charge in [-0.05, 0) is 25.5 Å². The van der Waals surface area contributed by atoms with Crippen LogP contribution in [0.5, 0.6) is 0 Å². The fourth-order valence-electron chi connectivity index (χ4n) is 1.58. The van der Waals surface area contributed by atoms with Crippen LogP contribution in [-0.2, 0) is 10.0 Å². The van der Waals surface area contributed by atoms with E-state index in [-0.39, 0.29) is 10.6 Å². The van der Waals surface area contributed by atoms with Crippen LogP contribution in [0, 0.1) is 0 Å². The van der Waals surface area contributed by atoms with E-state index >= 15 is 0 Å². The zero-order valence-electron chi connectivity index (χ0n) is 11.6. The van der Waals surface area contributed by atoms with E-state index in [1.165, 1.54) is 20.2 Å². The average molecular weight is 283 g/mol. The Morgan fingerprint density at radius 1 is 1.37 bits per heavy atom. The number of hydrogen-bond donors (Lipinski definition) is 2. The highest BCUT2D eigenvalue weighted by Gasteiger charge is 2.21. The molecule has 19 heavy (non-hydrogen) atoms. The van der Waals surface area contributed by atoms with Gasteiger partial charge in [0.1, 0.15) is 4.90 Å². The highest BCUT2D eigenvalue weighted by molar-refractivity contribution is 7.89. The number of nitrogens with one attached hydrogen (secondary N) is 1. The summed E-state index contributed by atoms with van der Waals surface area (Å²) in [6, 6.07) is 4.98. The van der Waals surface area contributed by atoms with Gasteiger partial charge in [0.15, 0.2) is 0 Å². The Kier molecular flexibility index (Phi) is 5.38. The van der Waals surface area contributed by atoms with Gasteiger partial charge in [-0.2, -0.15) is 0 Å². The molecule has 3 N–H and O–H groups in total. The molecule has 6 heteroatoms. The van der Waals surface area contributed by atoms with E-state index in [2.05, 4.69) is 5.32 Å². The first-order chi connectivity index (χ1) is 8.91. The third kappa shape index (κ3) is 3.71. The van der Waals surface area contributed by atoms with Crippen LogP contribution in [0.25, 0.3) is 0 Å². The summed E-state index contributed by atoms with van der Waals surface area (Å²) in [6.45, 7) is 2.67. The second-order valence-corrected chi connectivity index (χ2v) is 6.41. The molecule has 0 atom stereocenters. The van der Waals surface area contributed by atoms with E-state index in [1.54, 1.807) is 12.1 Å². The molecule has 0 heterocycles. The van der Waals surface area contributed by atoms with Gasteiger partial charge in [-0.15, -0.1) is 0 Å². The largest absolute Gasteiger partial charge is 0.396 e. The van der Waals surface area contributed by atoms with Gasteiger partial charge in [-0.1, -0.05) is 18.2 Å². The van der Waals surface area contributed by atoms with Crippen LogP contribution in [0.3, 0.4) is 0 Å². The first-order valence-electron chi connectivity index (χ1n) is 6.07. The van der Waals surface area contributed by atoms with Crippen LogP contribution in [0.1, 0.15) is 13.3 Å². The summed E-state index contributed by atoms with van der Waals surface area (Å²) in [5, 5.41) is 3.14. The molecule has 106 valence electrons. The number of benzene rings is 1. The third-order valence-electron chi connectivity index (χ3n) is 2.69. The molecule has 0 bridgehead atoms. The third-order valence-corrected chi connectivity index (χ3v) is 4.56. The second kappa shape index (κ2) is 6.58. The molecule has 5 nitrogen and oxygen atoms in total. The molecule has 0 aliphatic rings. The molecular formula is C13H21N3O2S. The van der Waals surface area contributed by atoms with Crippen molar-refractivity contribution in [3.05, 3.63) is 30.4 Å². The molecule has 1 rings (SSSR count). The lowest BCUT2D eigenvalue weighted by atomic mass is 10.2. The number of nitrogens with two attached hydrogens (primary N) is 1. The molecule has 1 aromatic carbocycles. The molecule has 0 spiro atoms. The van der Waals surface area contributed by atoms with E-state index < -0.39 is 10.0 Å². The van der Waals surface area contributed by atoms with Crippen LogP contribution in [-0.4, -0.2) is 33.4 Å². The monoisotopic (exact) mass is 283 g/mol. The summed E-state index contributed by atoms with van der Waals surface area (Å²) < 4.78 is 25.3. The number of rotatable bonds is 6. The zero-order valence-corrected chi connectivity index (χ0v) is 12.4. The van der Waals surface area contributed by atoms with Crippen LogP contribution in [0.15, 0.2) is 35.2 Å². The smallest absolute Gasteiger partial charge is 0.244 e. The number of anilines is 2. The molecule has 0 amide bonds. The minimum absolute atomic E-state index is 0.133. The summed E-state index contributed by atoms with van der Waals surface area (Å²) in [5.74, 6) is 0. The van der Waals surface area contributed by atoms with Crippen molar-refractivity contribution >= 4 is 21.4 Å². The van der Waals surface area contributed by atoms with Crippen LogP contribution < -0.4 is 11.1 Å². The molecule has 0 aliphatic carbocycles. The Morgan fingerprint density at radius 3 is 2.63 bits per heavy atom. The number of nitrogens with zero attached hydrogens (tertiary/aromatic N) is 1. The Hall–Kier alpha value is -1.53. The number of hydrogen-bond acceptors (Lipinski definition) is 4. The van der Waals surface area contributed by atoms with E-state index in [0.717, 1.165) is 10.7 Å². The number of nitrogen functional groups attached to an aromatic ring is 1. The fourth-order valence-corrected chi connectivity index (χ4v) is 2.61. The van der Waals surface area contributed by atoms with Crippen LogP contribution in [0.4, 0.5) is 11.4 Å². The van der Waals surface area contributed by atoms with Crippen molar-refractivity contribution in [2.45, 2.75) is 18.2 Å². The maximum Gasteiger partial charge on any atom is 0.244 e. The maximum atomic E-state index is 12.1. The number of sulfonamides is 1. The molecule has 0 fully saturated rings. The topological polar surface area (TPSA) is 75.4 Å². The Labute approximate surface area is 115 Å². The lowest BCUT2D eigenvalue weighted by Crippen LogP contribution is -2.23. The van der Waals surface area contributed by atoms with Crippen LogP contribution in [0.2, 0.25) is 0 Å². The molecule has 1 aromatic rings. The first-order valence-corrected chi connectivity index (χ1v) is 7.51. The van der Waals surface area contributed by atoms with E-state index in [4.69, 9.17) is 5.73 Å². The van der Waals surface area contributed by atoms with Crippen molar-refractivity contribution in [1.29, 1.82) is 0 Å². The summed E-state index contributed by atoms with van der Waals surface area (Å²) in [7, 11) is -0.537. The van der Waals surface area contributed by atoms with Gasteiger partial charge in [0.05, 0.1) is 11.4 Å². The molecule has 0 aliphatic heterocycles. The summed E-state index contributed by atoms with van der Waals surface area (Å²) in [4.78, 5) is 0.133. The van der Waals surface area contributed by atoms with Crippen molar-refractivity contribution in [2.24, 2.45) is 0 Å². The zero-order chi connectivity index (χ0) is 14.5. The number of para-hydroxylation sites is 1. The van der Waals surface area contributed by atoms with Gasteiger partial charge in [0.25, 0.3) is 0 Å². The van der Waals surface area contributed by atoms with Crippen LogP contribution >= 0.6 is 0 Å². The highest BCUT2D eigenvalue weighted by atomic mass is 32.2. The van der Waals surface area contributed by atoms with Gasteiger partial charge in [0.2, 0.25) is 10.0 Å². The normalized spacial score (nSPS) is 12.2. The lowest BCUT2D eigenvalue weighted by Gasteiger charge is -2.16. The number of allylic oxidation sites excluding steroid dienone is 1. The van der Waals surface area contributed by atoms with Gasteiger partial charge in [0, 0.05) is 20.6 Å². The van der Waals surface area contributed by atoms with Gasteiger partial charge in [-0.3, -0.25) is 0 Å².